The maximum atomic E-state index is 6.52. The second kappa shape index (κ2) is 9.07. The lowest BCUT2D eigenvalue weighted by molar-refractivity contribution is -0.659. The second-order valence-electron chi connectivity index (χ2n) is 9.99. The van der Waals surface area contributed by atoms with Crippen LogP contribution in [0.3, 0.4) is 0 Å². The van der Waals surface area contributed by atoms with Gasteiger partial charge in [-0.1, -0.05) is 72.8 Å². The number of nitrogens with zero attached hydrogens (tertiary/aromatic N) is 4. The summed E-state index contributed by atoms with van der Waals surface area (Å²) in [6.45, 7) is 2.12. The van der Waals surface area contributed by atoms with Gasteiger partial charge in [0.1, 0.15) is 18.0 Å². The van der Waals surface area contributed by atoms with E-state index in [0.29, 0.717) is 5.71 Å². The zero-order valence-electron chi connectivity index (χ0n) is 22.1. The molecule has 0 fully saturated rings. The number of fused-ring (bicyclic) bond motifs is 3. The summed E-state index contributed by atoms with van der Waals surface area (Å²) in [6.07, 6.45) is 4.12. The van der Waals surface area contributed by atoms with Gasteiger partial charge in [-0.3, -0.25) is 0 Å². The molecule has 0 saturated heterocycles. The van der Waals surface area contributed by atoms with Crippen molar-refractivity contribution < 1.29 is 8.98 Å². The fourth-order valence-electron chi connectivity index (χ4n) is 5.40. The molecule has 4 aromatic heterocycles. The Morgan fingerprint density at radius 2 is 1.38 bits per heavy atom. The van der Waals surface area contributed by atoms with Gasteiger partial charge >= 0.3 is 0 Å². The molecule has 0 spiro atoms. The van der Waals surface area contributed by atoms with Crippen LogP contribution in [-0.2, 0) is 14.1 Å². The topological polar surface area (TPSA) is 47.7 Å². The van der Waals surface area contributed by atoms with Gasteiger partial charge in [0.05, 0.1) is 31.2 Å². The van der Waals surface area contributed by atoms with Gasteiger partial charge in [0.2, 0.25) is 5.71 Å². The lowest BCUT2D eigenvalue weighted by atomic mass is 10.0. The highest BCUT2D eigenvalue weighted by Gasteiger charge is 2.24. The van der Waals surface area contributed by atoms with Crippen LogP contribution in [0.2, 0.25) is 0 Å². The molecule has 0 aliphatic rings. The fraction of sp³-hybridized carbons (Fsp3) is 0.0882. The van der Waals surface area contributed by atoms with E-state index in [9.17, 15) is 0 Å². The molecule has 0 unspecified atom stereocenters. The van der Waals surface area contributed by atoms with Crippen molar-refractivity contribution in [3.8, 4) is 45.2 Å². The third-order valence-electron chi connectivity index (χ3n) is 7.39. The average Bonchev–Trinajstić information content (AvgIpc) is 3.52. The Morgan fingerprint density at radius 3 is 2.10 bits per heavy atom. The molecule has 4 heterocycles. The first kappa shape index (κ1) is 23.1. The standard InChI is InChI=1S/C34H27N4O/c1-22-14-15-26-27-16-17-28(36-33(27)39-32(26)31(22)34-37(2)18-19-38(34)3)30-21-25(23-10-6-4-7-11-23)20-29(35-30)24-12-8-5-9-13-24/h4-21H,1-3H3/q+1. The van der Waals surface area contributed by atoms with Crippen LogP contribution in [0.5, 0.6) is 0 Å². The van der Waals surface area contributed by atoms with Crippen LogP contribution in [0.4, 0.5) is 0 Å². The van der Waals surface area contributed by atoms with Gasteiger partial charge in [-0.2, -0.15) is 0 Å². The molecule has 0 atom stereocenters. The third-order valence-corrected chi connectivity index (χ3v) is 7.39. The quantitative estimate of drug-likeness (QED) is 0.232. The van der Waals surface area contributed by atoms with Crippen molar-refractivity contribution in [3.63, 3.8) is 0 Å². The number of rotatable bonds is 4. The highest BCUT2D eigenvalue weighted by atomic mass is 16.3. The Bertz CT molecular complexity index is 1910. The summed E-state index contributed by atoms with van der Waals surface area (Å²) in [7, 11) is 4.12. The molecular formula is C34H27N4O+. The second-order valence-corrected chi connectivity index (χ2v) is 9.99. The van der Waals surface area contributed by atoms with Crippen LogP contribution in [-0.4, -0.2) is 14.5 Å². The molecular weight excluding hydrogens is 480 g/mol. The predicted molar refractivity (Wildman–Crippen MR) is 156 cm³/mol. The van der Waals surface area contributed by atoms with Crippen LogP contribution in [0.15, 0.2) is 114 Å². The van der Waals surface area contributed by atoms with Crippen molar-refractivity contribution in [2.75, 3.05) is 0 Å². The average molecular weight is 508 g/mol. The van der Waals surface area contributed by atoms with Gasteiger partial charge < -0.3 is 4.42 Å². The number of benzene rings is 3. The number of hydrogen-bond donors (Lipinski definition) is 0. The van der Waals surface area contributed by atoms with E-state index in [0.717, 1.165) is 67.1 Å². The third kappa shape index (κ3) is 3.91. The van der Waals surface area contributed by atoms with Crippen LogP contribution >= 0.6 is 0 Å². The maximum Gasteiger partial charge on any atom is 0.292 e. The minimum atomic E-state index is 0.611. The smallest absolute Gasteiger partial charge is 0.292 e. The van der Waals surface area contributed by atoms with Crippen molar-refractivity contribution in [1.29, 1.82) is 0 Å². The summed E-state index contributed by atoms with van der Waals surface area (Å²) in [5.41, 5.74) is 9.49. The Balaban J connectivity index is 1.43. The summed E-state index contributed by atoms with van der Waals surface area (Å²) in [5.74, 6) is 1.09. The maximum absolute atomic E-state index is 6.52. The molecule has 5 nitrogen and oxygen atoms in total. The number of pyridine rings is 2. The Morgan fingerprint density at radius 1 is 0.692 bits per heavy atom. The van der Waals surface area contributed by atoms with Crippen molar-refractivity contribution in [2.45, 2.75) is 6.92 Å². The van der Waals surface area contributed by atoms with Gasteiger partial charge in [0, 0.05) is 16.3 Å². The zero-order valence-corrected chi connectivity index (χ0v) is 22.1. The number of hydrogen-bond acceptors (Lipinski definition) is 3. The summed E-state index contributed by atoms with van der Waals surface area (Å²) in [4.78, 5) is 10.1. The van der Waals surface area contributed by atoms with E-state index < -0.39 is 0 Å². The van der Waals surface area contributed by atoms with Crippen molar-refractivity contribution in [2.24, 2.45) is 14.1 Å². The van der Waals surface area contributed by atoms with E-state index in [4.69, 9.17) is 14.4 Å². The molecule has 0 amide bonds. The fourth-order valence-corrected chi connectivity index (χ4v) is 5.40. The minimum Gasteiger partial charge on any atom is -0.437 e. The molecule has 188 valence electrons. The van der Waals surface area contributed by atoms with Crippen LogP contribution in [0, 0.1) is 6.92 Å². The molecule has 3 aromatic carbocycles. The monoisotopic (exact) mass is 507 g/mol. The van der Waals surface area contributed by atoms with Crippen molar-refractivity contribution >= 4 is 22.1 Å². The van der Waals surface area contributed by atoms with Gasteiger partial charge in [0.15, 0.2) is 5.58 Å². The number of imidazole rings is 1. The largest absolute Gasteiger partial charge is 0.437 e. The molecule has 0 bridgehead atoms. The summed E-state index contributed by atoms with van der Waals surface area (Å²) >= 11 is 0. The van der Waals surface area contributed by atoms with Gasteiger partial charge in [-0.25, -0.2) is 19.1 Å². The highest BCUT2D eigenvalue weighted by molar-refractivity contribution is 6.09. The first-order valence-corrected chi connectivity index (χ1v) is 13.0. The summed E-state index contributed by atoms with van der Waals surface area (Å²) in [6, 6.07) is 33.4. The first-order valence-electron chi connectivity index (χ1n) is 13.0. The van der Waals surface area contributed by atoms with E-state index in [-0.39, 0.29) is 0 Å². The van der Waals surface area contributed by atoms with Crippen LogP contribution in [0.25, 0.3) is 67.2 Å². The predicted octanol–water partition coefficient (Wildman–Crippen LogP) is 7.52. The Kier molecular flexibility index (Phi) is 5.37. The molecule has 0 aliphatic heterocycles. The molecule has 0 saturated carbocycles. The van der Waals surface area contributed by atoms with Crippen molar-refractivity contribution in [1.82, 2.24) is 14.5 Å². The van der Waals surface area contributed by atoms with Crippen molar-refractivity contribution in [3.05, 3.63) is 115 Å². The van der Waals surface area contributed by atoms with Gasteiger partial charge in [0.25, 0.3) is 5.82 Å². The zero-order chi connectivity index (χ0) is 26.5. The van der Waals surface area contributed by atoms with Crippen LogP contribution in [0.1, 0.15) is 5.56 Å². The molecule has 5 heteroatoms. The van der Waals surface area contributed by atoms with E-state index in [2.05, 4.69) is 109 Å². The van der Waals surface area contributed by atoms with Crippen LogP contribution < -0.4 is 4.57 Å². The SMILES string of the molecule is Cc1ccc2c(oc3nc(-c4cc(-c5ccccc5)cc(-c5ccccc5)n4)ccc32)c1-c1n(C)cc[n+]1C. The van der Waals surface area contributed by atoms with E-state index in [1.807, 2.05) is 30.3 Å². The number of furan rings is 1. The summed E-state index contributed by atoms with van der Waals surface area (Å²) < 4.78 is 10.8. The van der Waals surface area contributed by atoms with E-state index in [1.165, 1.54) is 0 Å². The minimum absolute atomic E-state index is 0.611. The summed E-state index contributed by atoms with van der Waals surface area (Å²) in [5, 5.41) is 2.05. The number of aromatic nitrogens is 4. The normalized spacial score (nSPS) is 11.5. The lowest BCUT2D eigenvalue weighted by Crippen LogP contribution is -2.29. The lowest BCUT2D eigenvalue weighted by Gasteiger charge is -2.10. The Labute approximate surface area is 226 Å². The molecule has 39 heavy (non-hydrogen) atoms. The van der Waals surface area contributed by atoms with Gasteiger partial charge in [-0.15, -0.1) is 0 Å². The molecule has 0 aliphatic carbocycles. The van der Waals surface area contributed by atoms with E-state index >= 15 is 0 Å². The first-order chi connectivity index (χ1) is 19.1. The van der Waals surface area contributed by atoms with Gasteiger partial charge in [-0.05, 0) is 47.9 Å². The molecule has 0 radical (unpaired) electrons. The molecule has 7 aromatic rings. The molecule has 0 N–H and O–H groups in total. The molecule has 7 rings (SSSR count). The number of aryl methyl sites for hydroxylation is 3. The highest BCUT2D eigenvalue weighted by Crippen LogP contribution is 2.37. The van der Waals surface area contributed by atoms with E-state index in [1.54, 1.807) is 0 Å². The Hall–Kier alpha value is -5.03.